The van der Waals surface area contributed by atoms with Crippen LogP contribution in [0.15, 0.2) is 53.8 Å². The Kier molecular flexibility index (Phi) is 4.52. The van der Waals surface area contributed by atoms with E-state index in [0.29, 0.717) is 18.7 Å². The summed E-state index contributed by atoms with van der Waals surface area (Å²) in [5.74, 6) is 0. The second-order valence-electron chi connectivity index (χ2n) is 4.67. The molecule has 0 bridgehead atoms. The molecule has 8 nitrogen and oxygen atoms in total. The number of anilines is 1. The second-order valence-corrected chi connectivity index (χ2v) is 4.67. The van der Waals surface area contributed by atoms with E-state index in [1.807, 2.05) is 12.2 Å². The molecule has 0 amide bonds. The summed E-state index contributed by atoms with van der Waals surface area (Å²) in [5, 5.41) is 24.7. The summed E-state index contributed by atoms with van der Waals surface area (Å²) in [5.41, 5.74) is 6.89. The summed E-state index contributed by atoms with van der Waals surface area (Å²) >= 11 is 0. The lowest BCUT2D eigenvalue weighted by molar-refractivity contribution is -0.393. The van der Waals surface area contributed by atoms with Crippen molar-refractivity contribution in [2.75, 3.05) is 11.9 Å². The lowest BCUT2D eigenvalue weighted by atomic mass is 10.1. The zero-order valence-electron chi connectivity index (χ0n) is 11.6. The number of nitro benzene ring substituents is 2. The normalized spacial score (nSPS) is 13.8. The fourth-order valence-corrected chi connectivity index (χ4v) is 1.96. The number of nitrogens with zero attached hydrogens (tertiary/aromatic N) is 2. The first-order valence-corrected chi connectivity index (χ1v) is 6.46. The van der Waals surface area contributed by atoms with Crippen molar-refractivity contribution in [2.24, 2.45) is 5.73 Å². The van der Waals surface area contributed by atoms with Crippen molar-refractivity contribution in [3.8, 4) is 0 Å². The third-order valence-corrected chi connectivity index (χ3v) is 3.10. The molecule has 0 aromatic heterocycles. The predicted octanol–water partition coefficient (Wildman–Crippen LogP) is 2.64. The fourth-order valence-electron chi connectivity index (χ4n) is 1.96. The highest BCUT2D eigenvalue weighted by Crippen LogP contribution is 2.29. The number of nitrogens with two attached hydrogens (primary N) is 1. The third kappa shape index (κ3) is 3.69. The molecule has 0 aliphatic heterocycles. The average molecular weight is 302 g/mol. The van der Waals surface area contributed by atoms with Gasteiger partial charge in [0.2, 0.25) is 0 Å². The van der Waals surface area contributed by atoms with Crippen LogP contribution in [0, 0.1) is 20.2 Å². The maximum absolute atomic E-state index is 11.0. The number of hydrogen-bond donors (Lipinski definition) is 2. The highest BCUT2D eigenvalue weighted by molar-refractivity contribution is 5.65. The van der Waals surface area contributed by atoms with E-state index in [-0.39, 0.29) is 17.1 Å². The van der Waals surface area contributed by atoms with Crippen LogP contribution in [0.2, 0.25) is 0 Å². The number of allylic oxidation sites excluding steroid dienone is 4. The Morgan fingerprint density at radius 3 is 2.64 bits per heavy atom. The van der Waals surface area contributed by atoms with Gasteiger partial charge >= 0.3 is 0 Å². The first-order valence-electron chi connectivity index (χ1n) is 6.46. The van der Waals surface area contributed by atoms with Crippen molar-refractivity contribution in [2.45, 2.75) is 6.42 Å². The molecule has 0 spiro atoms. The molecule has 0 unspecified atom stereocenters. The standard InChI is InChI=1S/C14H14N4O4/c15-11-3-1-2-10(4-5-11)9-16-13-7-6-12(17(19)20)8-14(13)18(21)22/h1,3-8,16H,2,9,15H2. The zero-order chi connectivity index (χ0) is 16.1. The number of rotatable bonds is 5. The van der Waals surface area contributed by atoms with Crippen LogP contribution >= 0.6 is 0 Å². The summed E-state index contributed by atoms with van der Waals surface area (Å²) in [6.45, 7) is 0.382. The Hall–Kier alpha value is -3.16. The minimum absolute atomic E-state index is 0.238. The quantitative estimate of drug-likeness (QED) is 0.636. The van der Waals surface area contributed by atoms with E-state index < -0.39 is 9.85 Å². The zero-order valence-corrected chi connectivity index (χ0v) is 11.6. The molecule has 0 atom stereocenters. The summed E-state index contributed by atoms with van der Waals surface area (Å²) in [6.07, 6.45) is 7.96. The SMILES string of the molecule is NC1=CC=C(CNc2ccc([N+](=O)[O-])cc2[N+](=O)[O-])CC=C1. The predicted molar refractivity (Wildman–Crippen MR) is 82.4 cm³/mol. The van der Waals surface area contributed by atoms with E-state index in [9.17, 15) is 20.2 Å². The van der Waals surface area contributed by atoms with E-state index in [0.717, 1.165) is 11.6 Å². The van der Waals surface area contributed by atoms with Gasteiger partial charge in [-0.25, -0.2) is 0 Å². The molecule has 1 aliphatic rings. The van der Waals surface area contributed by atoms with E-state index in [1.54, 1.807) is 12.2 Å². The summed E-state index contributed by atoms with van der Waals surface area (Å²) in [4.78, 5) is 20.4. The lowest BCUT2D eigenvalue weighted by Gasteiger charge is -2.08. The Balaban J connectivity index is 2.18. The minimum atomic E-state index is -0.664. The van der Waals surface area contributed by atoms with E-state index in [2.05, 4.69) is 5.32 Å². The molecule has 3 N–H and O–H groups in total. The van der Waals surface area contributed by atoms with E-state index in [4.69, 9.17) is 5.73 Å². The Morgan fingerprint density at radius 2 is 1.95 bits per heavy atom. The maximum atomic E-state index is 11.0. The maximum Gasteiger partial charge on any atom is 0.299 e. The smallest absolute Gasteiger partial charge is 0.299 e. The van der Waals surface area contributed by atoms with Gasteiger partial charge in [-0.1, -0.05) is 12.2 Å². The van der Waals surface area contributed by atoms with E-state index >= 15 is 0 Å². The van der Waals surface area contributed by atoms with Crippen LogP contribution in [-0.2, 0) is 0 Å². The van der Waals surface area contributed by atoms with Crippen molar-refractivity contribution >= 4 is 17.1 Å². The Bertz CT molecular complexity index is 707. The molecule has 0 radical (unpaired) electrons. The number of hydrogen-bond acceptors (Lipinski definition) is 6. The summed E-state index contributed by atoms with van der Waals surface area (Å²) in [7, 11) is 0. The van der Waals surface area contributed by atoms with Gasteiger partial charge in [-0.2, -0.15) is 0 Å². The molecule has 1 aromatic rings. The summed E-state index contributed by atoms with van der Waals surface area (Å²) in [6, 6.07) is 3.52. The van der Waals surface area contributed by atoms with Crippen LogP contribution in [0.25, 0.3) is 0 Å². The van der Waals surface area contributed by atoms with Gasteiger partial charge in [-0.05, 0) is 30.2 Å². The van der Waals surface area contributed by atoms with Gasteiger partial charge in [0, 0.05) is 18.3 Å². The van der Waals surface area contributed by atoms with Gasteiger partial charge in [-0.3, -0.25) is 20.2 Å². The first-order chi connectivity index (χ1) is 10.5. The molecule has 1 aromatic carbocycles. The molecule has 2 rings (SSSR count). The van der Waals surface area contributed by atoms with Gasteiger partial charge < -0.3 is 11.1 Å². The van der Waals surface area contributed by atoms with Crippen LogP contribution < -0.4 is 11.1 Å². The largest absolute Gasteiger partial charge is 0.399 e. The van der Waals surface area contributed by atoms with Gasteiger partial charge in [0.25, 0.3) is 11.4 Å². The molecule has 0 fully saturated rings. The fraction of sp³-hybridized carbons (Fsp3) is 0.143. The van der Waals surface area contributed by atoms with Crippen LogP contribution in [0.5, 0.6) is 0 Å². The van der Waals surface area contributed by atoms with Crippen LogP contribution in [0.3, 0.4) is 0 Å². The molecule has 1 aliphatic carbocycles. The molecular weight excluding hydrogens is 288 g/mol. The topological polar surface area (TPSA) is 124 Å². The van der Waals surface area contributed by atoms with Gasteiger partial charge in [0.15, 0.2) is 0 Å². The van der Waals surface area contributed by atoms with Crippen LogP contribution in [0.1, 0.15) is 6.42 Å². The minimum Gasteiger partial charge on any atom is -0.399 e. The van der Waals surface area contributed by atoms with Crippen molar-refractivity contribution < 1.29 is 9.85 Å². The molecule has 22 heavy (non-hydrogen) atoms. The Morgan fingerprint density at radius 1 is 1.18 bits per heavy atom. The molecule has 0 heterocycles. The van der Waals surface area contributed by atoms with Crippen molar-refractivity contribution in [1.82, 2.24) is 0 Å². The first kappa shape index (κ1) is 15.2. The monoisotopic (exact) mass is 302 g/mol. The van der Waals surface area contributed by atoms with Gasteiger partial charge in [0.05, 0.1) is 15.9 Å². The molecular formula is C14H14N4O4. The third-order valence-electron chi connectivity index (χ3n) is 3.10. The summed E-state index contributed by atoms with van der Waals surface area (Å²) < 4.78 is 0. The number of non-ortho nitro benzene ring substituents is 1. The van der Waals surface area contributed by atoms with Gasteiger partial charge in [-0.15, -0.1) is 0 Å². The molecule has 0 saturated carbocycles. The van der Waals surface area contributed by atoms with Gasteiger partial charge in [0.1, 0.15) is 5.69 Å². The lowest BCUT2D eigenvalue weighted by Crippen LogP contribution is -2.07. The Labute approximate surface area is 125 Å². The highest BCUT2D eigenvalue weighted by atomic mass is 16.6. The van der Waals surface area contributed by atoms with Crippen LogP contribution in [0.4, 0.5) is 17.1 Å². The van der Waals surface area contributed by atoms with Crippen LogP contribution in [-0.4, -0.2) is 16.4 Å². The highest BCUT2D eigenvalue weighted by Gasteiger charge is 2.19. The number of benzene rings is 1. The van der Waals surface area contributed by atoms with Crippen molar-refractivity contribution in [1.29, 1.82) is 0 Å². The molecule has 114 valence electrons. The number of nitro groups is 2. The molecule has 0 saturated heterocycles. The number of nitrogens with one attached hydrogen (secondary N) is 1. The second kappa shape index (κ2) is 6.53. The van der Waals surface area contributed by atoms with E-state index in [1.165, 1.54) is 12.1 Å². The molecule has 8 heteroatoms. The van der Waals surface area contributed by atoms with Crippen molar-refractivity contribution in [3.63, 3.8) is 0 Å². The average Bonchev–Trinajstić information content (AvgIpc) is 2.69. The van der Waals surface area contributed by atoms with Crippen molar-refractivity contribution in [3.05, 3.63) is 74.0 Å².